The number of carbonyl (C=O) groups excluding carboxylic acids is 1. The molecule has 3 nitrogen and oxygen atoms in total. The number of ether oxygens (including phenoxy) is 1. The molecule has 0 aliphatic heterocycles. The number of benzene rings is 2. The van der Waals surface area contributed by atoms with Gasteiger partial charge in [-0.3, -0.25) is 4.79 Å². The lowest BCUT2D eigenvalue weighted by molar-refractivity contribution is 0.0896. The maximum absolute atomic E-state index is 12.2. The highest BCUT2D eigenvalue weighted by Crippen LogP contribution is 2.32. The standard InChI is InChI=1S/C23H29NO2/c1-17-8-6-12-21(14-17)26-22-13-7-11-20(15-22)18(2)16-24-23(25)19-9-4-3-5-10-19/h3-6,8-10,12,14,18,20,22H,7,11,13,15-16H2,1-2H3,(H,24,25)/t18?,20?,22-/m1/s1. The van der Waals surface area contributed by atoms with Gasteiger partial charge in [-0.15, -0.1) is 0 Å². The van der Waals surface area contributed by atoms with Crippen LogP contribution in [0.15, 0.2) is 54.6 Å². The Labute approximate surface area is 156 Å². The summed E-state index contributed by atoms with van der Waals surface area (Å²) in [4.78, 5) is 12.2. The maximum atomic E-state index is 12.2. The summed E-state index contributed by atoms with van der Waals surface area (Å²) in [5.74, 6) is 2.03. The van der Waals surface area contributed by atoms with Crippen LogP contribution in [0.3, 0.4) is 0 Å². The predicted octanol–water partition coefficient (Wildman–Crippen LogP) is 5.00. The molecule has 3 rings (SSSR count). The molecule has 1 N–H and O–H groups in total. The third-order valence-corrected chi connectivity index (χ3v) is 5.38. The third-order valence-electron chi connectivity index (χ3n) is 5.38. The summed E-state index contributed by atoms with van der Waals surface area (Å²) in [7, 11) is 0. The minimum Gasteiger partial charge on any atom is -0.490 e. The fraction of sp³-hybridized carbons (Fsp3) is 0.435. The van der Waals surface area contributed by atoms with Crippen molar-refractivity contribution in [1.29, 1.82) is 0 Å². The van der Waals surface area contributed by atoms with Crippen LogP contribution in [0.1, 0.15) is 48.5 Å². The van der Waals surface area contributed by atoms with Crippen LogP contribution in [-0.2, 0) is 0 Å². The van der Waals surface area contributed by atoms with Crippen molar-refractivity contribution in [2.24, 2.45) is 11.8 Å². The molecular formula is C23H29NO2. The first-order chi connectivity index (χ1) is 12.6. The van der Waals surface area contributed by atoms with E-state index in [1.165, 1.54) is 18.4 Å². The zero-order valence-electron chi connectivity index (χ0n) is 15.8. The first-order valence-corrected chi connectivity index (χ1v) is 9.68. The Kier molecular flexibility index (Phi) is 6.32. The van der Waals surface area contributed by atoms with Gasteiger partial charge in [0.05, 0.1) is 6.10 Å². The SMILES string of the molecule is Cc1cccc(O[C@@H]2CCCC(C(C)CNC(=O)c3ccccc3)C2)c1. The molecule has 2 aromatic carbocycles. The second-order valence-corrected chi connectivity index (χ2v) is 7.54. The number of amides is 1. The Morgan fingerprint density at radius 2 is 1.96 bits per heavy atom. The van der Waals surface area contributed by atoms with Crippen molar-refractivity contribution < 1.29 is 9.53 Å². The first-order valence-electron chi connectivity index (χ1n) is 9.68. The Balaban J connectivity index is 1.49. The molecule has 3 heteroatoms. The number of hydrogen-bond donors (Lipinski definition) is 1. The summed E-state index contributed by atoms with van der Waals surface area (Å²) < 4.78 is 6.22. The fourth-order valence-electron chi connectivity index (χ4n) is 3.80. The van der Waals surface area contributed by atoms with E-state index in [1.54, 1.807) is 0 Å². The minimum atomic E-state index is 0.0146. The molecule has 0 heterocycles. The summed E-state index contributed by atoms with van der Waals surface area (Å²) in [6, 6.07) is 17.7. The average Bonchev–Trinajstić information content (AvgIpc) is 2.67. The quantitative estimate of drug-likeness (QED) is 0.795. The molecule has 2 aromatic rings. The van der Waals surface area contributed by atoms with E-state index >= 15 is 0 Å². The van der Waals surface area contributed by atoms with Crippen LogP contribution in [0.4, 0.5) is 0 Å². The molecule has 26 heavy (non-hydrogen) atoms. The number of carbonyl (C=O) groups is 1. The molecule has 138 valence electrons. The Bertz CT molecular complexity index is 713. The molecule has 3 atom stereocenters. The first kappa shape index (κ1) is 18.5. The van der Waals surface area contributed by atoms with Gasteiger partial charge in [0, 0.05) is 12.1 Å². The molecule has 1 fully saturated rings. The van der Waals surface area contributed by atoms with Crippen LogP contribution in [-0.4, -0.2) is 18.6 Å². The lowest BCUT2D eigenvalue weighted by Gasteiger charge is -2.33. The van der Waals surface area contributed by atoms with Gasteiger partial charge in [-0.05, 0) is 74.3 Å². The van der Waals surface area contributed by atoms with E-state index in [0.717, 1.165) is 30.7 Å². The molecule has 0 saturated heterocycles. The predicted molar refractivity (Wildman–Crippen MR) is 105 cm³/mol. The van der Waals surface area contributed by atoms with Crippen LogP contribution in [0.2, 0.25) is 0 Å². The Morgan fingerprint density at radius 3 is 2.73 bits per heavy atom. The summed E-state index contributed by atoms with van der Waals surface area (Å²) >= 11 is 0. The van der Waals surface area contributed by atoms with Crippen molar-refractivity contribution in [2.75, 3.05) is 6.54 Å². The zero-order valence-corrected chi connectivity index (χ0v) is 15.8. The minimum absolute atomic E-state index is 0.0146. The normalized spacial score (nSPS) is 21.0. The van der Waals surface area contributed by atoms with E-state index in [1.807, 2.05) is 42.5 Å². The van der Waals surface area contributed by atoms with Crippen LogP contribution < -0.4 is 10.1 Å². The number of nitrogens with one attached hydrogen (secondary N) is 1. The van der Waals surface area contributed by atoms with E-state index in [9.17, 15) is 4.79 Å². The number of rotatable bonds is 6. The molecule has 0 bridgehead atoms. The molecule has 0 aromatic heterocycles. The topological polar surface area (TPSA) is 38.3 Å². The van der Waals surface area contributed by atoms with Crippen molar-refractivity contribution in [3.63, 3.8) is 0 Å². The highest BCUT2D eigenvalue weighted by atomic mass is 16.5. The number of hydrogen-bond acceptors (Lipinski definition) is 2. The Morgan fingerprint density at radius 1 is 1.15 bits per heavy atom. The largest absolute Gasteiger partial charge is 0.490 e. The number of aryl methyl sites for hydroxylation is 1. The third kappa shape index (κ3) is 5.10. The summed E-state index contributed by atoms with van der Waals surface area (Å²) in [6.45, 7) is 5.05. The highest BCUT2D eigenvalue weighted by molar-refractivity contribution is 5.94. The van der Waals surface area contributed by atoms with Crippen LogP contribution >= 0.6 is 0 Å². The second kappa shape index (κ2) is 8.88. The molecule has 1 aliphatic carbocycles. The highest BCUT2D eigenvalue weighted by Gasteiger charge is 2.27. The van der Waals surface area contributed by atoms with Gasteiger partial charge in [-0.25, -0.2) is 0 Å². The van der Waals surface area contributed by atoms with Gasteiger partial charge in [0.15, 0.2) is 0 Å². The summed E-state index contributed by atoms with van der Waals surface area (Å²) in [5, 5.41) is 3.09. The lowest BCUT2D eigenvalue weighted by atomic mass is 9.79. The van der Waals surface area contributed by atoms with Gasteiger partial charge in [0.2, 0.25) is 0 Å². The molecule has 0 radical (unpaired) electrons. The van der Waals surface area contributed by atoms with Crippen LogP contribution in [0.25, 0.3) is 0 Å². The monoisotopic (exact) mass is 351 g/mol. The summed E-state index contributed by atoms with van der Waals surface area (Å²) in [6.07, 6.45) is 4.88. The van der Waals surface area contributed by atoms with Gasteiger partial charge in [0.1, 0.15) is 5.75 Å². The van der Waals surface area contributed by atoms with Gasteiger partial charge >= 0.3 is 0 Å². The lowest BCUT2D eigenvalue weighted by Crippen LogP contribution is -2.35. The van der Waals surface area contributed by atoms with Gasteiger partial charge in [-0.2, -0.15) is 0 Å². The molecule has 1 saturated carbocycles. The van der Waals surface area contributed by atoms with Crippen LogP contribution in [0.5, 0.6) is 5.75 Å². The van der Waals surface area contributed by atoms with E-state index in [2.05, 4.69) is 31.3 Å². The van der Waals surface area contributed by atoms with Crippen molar-refractivity contribution in [3.8, 4) is 5.75 Å². The molecule has 0 spiro atoms. The fourth-order valence-corrected chi connectivity index (χ4v) is 3.80. The Hall–Kier alpha value is -2.29. The molecule has 1 amide bonds. The van der Waals surface area contributed by atoms with E-state index in [0.29, 0.717) is 11.8 Å². The van der Waals surface area contributed by atoms with Crippen molar-refractivity contribution >= 4 is 5.91 Å². The van der Waals surface area contributed by atoms with Gasteiger partial charge in [-0.1, -0.05) is 37.3 Å². The summed E-state index contributed by atoms with van der Waals surface area (Å²) in [5.41, 5.74) is 1.95. The van der Waals surface area contributed by atoms with Crippen molar-refractivity contribution in [2.45, 2.75) is 45.6 Å². The van der Waals surface area contributed by atoms with Gasteiger partial charge in [0.25, 0.3) is 5.91 Å². The van der Waals surface area contributed by atoms with Crippen molar-refractivity contribution in [3.05, 3.63) is 65.7 Å². The molecule has 2 unspecified atom stereocenters. The molecular weight excluding hydrogens is 322 g/mol. The smallest absolute Gasteiger partial charge is 0.251 e. The zero-order chi connectivity index (χ0) is 18.4. The van der Waals surface area contributed by atoms with E-state index < -0.39 is 0 Å². The van der Waals surface area contributed by atoms with E-state index in [-0.39, 0.29) is 12.0 Å². The maximum Gasteiger partial charge on any atom is 0.251 e. The van der Waals surface area contributed by atoms with Crippen molar-refractivity contribution in [1.82, 2.24) is 5.32 Å². The van der Waals surface area contributed by atoms with E-state index in [4.69, 9.17) is 4.74 Å². The second-order valence-electron chi connectivity index (χ2n) is 7.54. The average molecular weight is 351 g/mol. The van der Waals surface area contributed by atoms with Gasteiger partial charge < -0.3 is 10.1 Å². The molecule has 1 aliphatic rings. The van der Waals surface area contributed by atoms with Crippen LogP contribution in [0, 0.1) is 18.8 Å².